The fraction of sp³-hybridized carbons (Fsp3) is 0.714. The molecule has 0 atom stereocenters. The molecule has 2 aliphatic heterocycles. The van der Waals surface area contributed by atoms with Gasteiger partial charge in [0.1, 0.15) is 5.82 Å². The Balaban J connectivity index is 1.65. The van der Waals surface area contributed by atoms with Crippen molar-refractivity contribution in [3.8, 4) is 0 Å². The highest BCUT2D eigenvalue weighted by atomic mass is 15.4. The zero-order valence-electron chi connectivity index (χ0n) is 17.9. The van der Waals surface area contributed by atoms with E-state index in [1.54, 1.807) is 0 Å². The van der Waals surface area contributed by atoms with Gasteiger partial charge in [0.2, 0.25) is 0 Å². The summed E-state index contributed by atoms with van der Waals surface area (Å²) in [6.07, 6.45) is 1.98. The van der Waals surface area contributed by atoms with E-state index in [2.05, 4.69) is 78.8 Å². The van der Waals surface area contributed by atoms with E-state index in [4.69, 9.17) is 4.99 Å². The van der Waals surface area contributed by atoms with Crippen molar-refractivity contribution in [2.75, 3.05) is 51.2 Å². The highest BCUT2D eigenvalue weighted by Gasteiger charge is 2.53. The number of likely N-dealkylation sites (N-methyl/N-ethyl adjacent to an activating group) is 1. The van der Waals surface area contributed by atoms with Gasteiger partial charge in [0, 0.05) is 56.4 Å². The van der Waals surface area contributed by atoms with E-state index >= 15 is 0 Å². The van der Waals surface area contributed by atoms with Crippen LogP contribution in [0.5, 0.6) is 0 Å². The minimum Gasteiger partial charge on any atom is -0.356 e. The second kappa shape index (κ2) is 7.66. The Labute approximate surface area is 164 Å². The van der Waals surface area contributed by atoms with Crippen molar-refractivity contribution >= 4 is 11.8 Å². The van der Waals surface area contributed by atoms with Gasteiger partial charge in [-0.25, -0.2) is 9.98 Å². The average Bonchev–Trinajstić information content (AvgIpc) is 2.64. The predicted octanol–water partition coefficient (Wildman–Crippen LogP) is 2.42. The van der Waals surface area contributed by atoms with E-state index in [1.807, 2.05) is 6.20 Å². The smallest absolute Gasteiger partial charge is 0.194 e. The molecule has 3 rings (SSSR count). The summed E-state index contributed by atoms with van der Waals surface area (Å²) in [4.78, 5) is 16.7. The summed E-state index contributed by atoms with van der Waals surface area (Å²) in [5.41, 5.74) is 1.56. The summed E-state index contributed by atoms with van der Waals surface area (Å²) in [6, 6.07) is 4.30. The Bertz CT molecular complexity index is 656. The molecule has 6 nitrogen and oxygen atoms in total. The van der Waals surface area contributed by atoms with Crippen LogP contribution in [0.3, 0.4) is 0 Å². The van der Waals surface area contributed by atoms with Crippen LogP contribution >= 0.6 is 0 Å². The van der Waals surface area contributed by atoms with Crippen molar-refractivity contribution in [3.05, 3.63) is 23.9 Å². The zero-order chi connectivity index (χ0) is 19.7. The molecular formula is C21H36N6. The second-order valence-electron chi connectivity index (χ2n) is 9.01. The van der Waals surface area contributed by atoms with Gasteiger partial charge < -0.3 is 20.0 Å². The number of piperazine rings is 1. The Hall–Kier alpha value is -1.82. The topological polar surface area (TPSA) is 47.0 Å². The molecule has 1 N–H and O–H groups in total. The molecule has 2 fully saturated rings. The van der Waals surface area contributed by atoms with Crippen LogP contribution in [0.2, 0.25) is 0 Å². The Morgan fingerprint density at radius 3 is 2.37 bits per heavy atom. The number of nitrogens with one attached hydrogen (secondary N) is 1. The van der Waals surface area contributed by atoms with Gasteiger partial charge in [-0.1, -0.05) is 19.9 Å². The lowest BCUT2D eigenvalue weighted by molar-refractivity contribution is -0.0667. The maximum absolute atomic E-state index is 4.89. The lowest BCUT2D eigenvalue weighted by atomic mass is 9.65. The maximum atomic E-state index is 4.89. The maximum Gasteiger partial charge on any atom is 0.194 e. The van der Waals surface area contributed by atoms with Crippen LogP contribution in [0.1, 0.15) is 40.2 Å². The zero-order valence-corrected chi connectivity index (χ0v) is 17.9. The summed E-state index contributed by atoms with van der Waals surface area (Å²) in [7, 11) is 2.17. The monoisotopic (exact) mass is 372 g/mol. The van der Waals surface area contributed by atoms with Gasteiger partial charge in [-0.2, -0.15) is 0 Å². The Morgan fingerprint density at radius 2 is 1.85 bits per heavy atom. The van der Waals surface area contributed by atoms with Gasteiger partial charge in [0.15, 0.2) is 5.96 Å². The van der Waals surface area contributed by atoms with Crippen molar-refractivity contribution in [1.29, 1.82) is 0 Å². The SMILES string of the molecule is CCNC(=NCc1ccc(N2CCN(C)CC2)nc1)N1CC(C)(C)C1(C)C. The predicted molar refractivity (Wildman–Crippen MR) is 113 cm³/mol. The van der Waals surface area contributed by atoms with Crippen LogP contribution in [0.15, 0.2) is 23.3 Å². The highest BCUT2D eigenvalue weighted by Crippen LogP contribution is 2.46. The molecule has 0 saturated carbocycles. The summed E-state index contributed by atoms with van der Waals surface area (Å²) < 4.78 is 0. The summed E-state index contributed by atoms with van der Waals surface area (Å²) in [5.74, 6) is 2.08. The number of likely N-dealkylation sites (tertiary alicyclic amines) is 1. The number of rotatable bonds is 4. The van der Waals surface area contributed by atoms with Gasteiger partial charge in [0.25, 0.3) is 0 Å². The third kappa shape index (κ3) is 4.05. The molecule has 3 heterocycles. The van der Waals surface area contributed by atoms with Gasteiger partial charge in [0.05, 0.1) is 6.54 Å². The molecular weight excluding hydrogens is 336 g/mol. The number of pyridine rings is 1. The van der Waals surface area contributed by atoms with Gasteiger partial charge in [-0.05, 0) is 39.4 Å². The number of hydrogen-bond donors (Lipinski definition) is 1. The van der Waals surface area contributed by atoms with E-state index in [9.17, 15) is 0 Å². The molecule has 1 aromatic heterocycles. The van der Waals surface area contributed by atoms with Crippen LogP contribution in [0, 0.1) is 5.41 Å². The summed E-state index contributed by atoms with van der Waals surface area (Å²) in [6.45, 7) is 18.2. The van der Waals surface area contributed by atoms with E-state index < -0.39 is 0 Å². The normalized spacial score (nSPS) is 22.5. The first-order valence-electron chi connectivity index (χ1n) is 10.2. The number of aliphatic imine (C=N–C) groups is 1. The summed E-state index contributed by atoms with van der Waals surface area (Å²) >= 11 is 0. The van der Waals surface area contributed by atoms with Gasteiger partial charge in [-0.3, -0.25) is 0 Å². The number of nitrogens with zero attached hydrogens (tertiary/aromatic N) is 5. The van der Waals surface area contributed by atoms with Crippen molar-refractivity contribution in [3.63, 3.8) is 0 Å². The van der Waals surface area contributed by atoms with Crippen LogP contribution in [0.25, 0.3) is 0 Å². The average molecular weight is 373 g/mol. The molecule has 6 heteroatoms. The molecule has 0 amide bonds. The number of hydrogen-bond acceptors (Lipinski definition) is 4. The standard InChI is InChI=1S/C21H36N6/c1-7-22-19(27-16-20(2,3)21(27,4)5)24-15-17-8-9-18(23-14-17)26-12-10-25(6)11-13-26/h8-9,14H,7,10-13,15-16H2,1-6H3,(H,22,24). The molecule has 27 heavy (non-hydrogen) atoms. The molecule has 0 aliphatic carbocycles. The highest BCUT2D eigenvalue weighted by molar-refractivity contribution is 5.82. The van der Waals surface area contributed by atoms with Crippen molar-refractivity contribution < 1.29 is 0 Å². The third-order valence-corrected chi connectivity index (χ3v) is 6.52. The molecule has 0 bridgehead atoms. The van der Waals surface area contributed by atoms with Crippen LogP contribution in [0.4, 0.5) is 5.82 Å². The first-order chi connectivity index (χ1) is 12.7. The first kappa shape index (κ1) is 19.9. The van der Waals surface area contributed by atoms with Gasteiger partial charge in [-0.15, -0.1) is 0 Å². The second-order valence-corrected chi connectivity index (χ2v) is 9.01. The molecule has 1 aromatic rings. The van der Waals surface area contributed by atoms with Crippen LogP contribution in [-0.2, 0) is 6.54 Å². The van der Waals surface area contributed by atoms with Crippen molar-refractivity contribution in [1.82, 2.24) is 20.1 Å². The molecule has 2 saturated heterocycles. The third-order valence-electron chi connectivity index (χ3n) is 6.52. The fourth-order valence-electron chi connectivity index (χ4n) is 3.69. The van der Waals surface area contributed by atoms with Crippen molar-refractivity contribution in [2.24, 2.45) is 10.4 Å². The molecule has 0 unspecified atom stereocenters. The molecule has 150 valence electrons. The quantitative estimate of drug-likeness (QED) is 0.650. The van der Waals surface area contributed by atoms with Gasteiger partial charge >= 0.3 is 0 Å². The number of guanidine groups is 1. The first-order valence-corrected chi connectivity index (χ1v) is 10.2. The minimum atomic E-state index is 0.109. The van der Waals surface area contributed by atoms with Crippen molar-refractivity contribution in [2.45, 2.75) is 46.7 Å². The van der Waals surface area contributed by atoms with Crippen LogP contribution < -0.4 is 10.2 Å². The number of aromatic nitrogens is 1. The molecule has 0 aromatic carbocycles. The fourth-order valence-corrected chi connectivity index (χ4v) is 3.69. The lowest BCUT2D eigenvalue weighted by Crippen LogP contribution is -2.72. The Morgan fingerprint density at radius 1 is 1.15 bits per heavy atom. The van der Waals surface area contributed by atoms with E-state index in [1.165, 1.54) is 0 Å². The van der Waals surface area contributed by atoms with E-state index in [-0.39, 0.29) is 5.54 Å². The largest absolute Gasteiger partial charge is 0.356 e. The molecule has 2 aliphatic rings. The minimum absolute atomic E-state index is 0.109. The molecule has 0 spiro atoms. The lowest BCUT2D eigenvalue weighted by Gasteiger charge is -2.62. The van der Waals surface area contributed by atoms with E-state index in [0.29, 0.717) is 12.0 Å². The van der Waals surface area contributed by atoms with Crippen LogP contribution in [-0.4, -0.2) is 72.6 Å². The van der Waals surface area contributed by atoms with E-state index in [0.717, 1.165) is 56.6 Å². The Kier molecular flexibility index (Phi) is 5.65. The summed E-state index contributed by atoms with van der Waals surface area (Å²) in [5, 5.41) is 3.46. The number of anilines is 1. The molecule has 0 radical (unpaired) electrons.